The molecule has 0 unspecified atom stereocenters. The number of hydrogen-bond acceptors (Lipinski definition) is 2. The zero-order valence-corrected chi connectivity index (χ0v) is 7.76. The van der Waals surface area contributed by atoms with Crippen LogP contribution in [0.3, 0.4) is 0 Å². The van der Waals surface area contributed by atoms with Gasteiger partial charge in [-0.3, -0.25) is 4.99 Å². The Hall–Kier alpha value is -0.370. The molecule has 0 spiro atoms. The first kappa shape index (κ1) is 8.72. The molecule has 64 valence electrons. The molecule has 0 aliphatic carbocycles. The third-order valence-corrected chi connectivity index (χ3v) is 2.29. The standard InChI is InChI=1S/C9H17NO/c1-6(2)7-5-9(3,4)8(11)10-7/h6,8,11H,5H2,1-4H3/t8-/m1/s1. The smallest absolute Gasteiger partial charge is 0.150 e. The van der Waals surface area contributed by atoms with Gasteiger partial charge in [0.2, 0.25) is 0 Å². The summed E-state index contributed by atoms with van der Waals surface area (Å²) in [5.41, 5.74) is 1.11. The lowest BCUT2D eigenvalue weighted by molar-refractivity contribution is 0.0766. The van der Waals surface area contributed by atoms with E-state index in [9.17, 15) is 5.11 Å². The van der Waals surface area contributed by atoms with Gasteiger partial charge in [0.1, 0.15) is 6.23 Å². The summed E-state index contributed by atoms with van der Waals surface area (Å²) in [6, 6.07) is 0. The van der Waals surface area contributed by atoms with Crippen molar-refractivity contribution < 1.29 is 5.11 Å². The van der Waals surface area contributed by atoms with Crippen molar-refractivity contribution in [2.75, 3.05) is 0 Å². The van der Waals surface area contributed by atoms with Crippen molar-refractivity contribution in [3.8, 4) is 0 Å². The Morgan fingerprint density at radius 2 is 2.09 bits per heavy atom. The van der Waals surface area contributed by atoms with Gasteiger partial charge in [0.05, 0.1) is 0 Å². The van der Waals surface area contributed by atoms with Crippen LogP contribution in [0.15, 0.2) is 4.99 Å². The molecule has 0 saturated heterocycles. The van der Waals surface area contributed by atoms with E-state index in [1.807, 2.05) is 0 Å². The Kier molecular flexibility index (Phi) is 2.06. The Morgan fingerprint density at radius 3 is 2.27 bits per heavy atom. The van der Waals surface area contributed by atoms with Gasteiger partial charge in [0.15, 0.2) is 0 Å². The Labute approximate surface area is 68.3 Å². The Balaban J connectivity index is 2.71. The Bertz CT molecular complexity index is 182. The molecule has 11 heavy (non-hydrogen) atoms. The molecule has 0 radical (unpaired) electrons. The van der Waals surface area contributed by atoms with E-state index in [-0.39, 0.29) is 5.41 Å². The lowest BCUT2D eigenvalue weighted by atomic mass is 9.86. The van der Waals surface area contributed by atoms with Gasteiger partial charge in [-0.15, -0.1) is 0 Å². The molecule has 1 N–H and O–H groups in total. The monoisotopic (exact) mass is 155 g/mol. The zero-order valence-electron chi connectivity index (χ0n) is 7.76. The summed E-state index contributed by atoms with van der Waals surface area (Å²) < 4.78 is 0. The highest BCUT2D eigenvalue weighted by atomic mass is 16.3. The minimum atomic E-state index is -0.486. The minimum absolute atomic E-state index is 0.0421. The third kappa shape index (κ3) is 1.62. The van der Waals surface area contributed by atoms with E-state index in [1.54, 1.807) is 0 Å². The Morgan fingerprint density at radius 1 is 1.55 bits per heavy atom. The summed E-state index contributed by atoms with van der Waals surface area (Å²) in [4.78, 5) is 4.21. The fourth-order valence-electron chi connectivity index (χ4n) is 1.29. The molecule has 0 aromatic carbocycles. The lowest BCUT2D eigenvalue weighted by Gasteiger charge is -2.20. The van der Waals surface area contributed by atoms with Crippen molar-refractivity contribution >= 4 is 5.71 Å². The number of aliphatic hydroxyl groups excluding tert-OH is 1. The predicted octanol–water partition coefficient (Wildman–Crippen LogP) is 1.83. The van der Waals surface area contributed by atoms with E-state index >= 15 is 0 Å². The molecular weight excluding hydrogens is 138 g/mol. The summed E-state index contributed by atoms with van der Waals surface area (Å²) in [5.74, 6) is 0.478. The minimum Gasteiger partial charge on any atom is -0.371 e. The summed E-state index contributed by atoms with van der Waals surface area (Å²) in [6.45, 7) is 8.34. The van der Waals surface area contributed by atoms with Crippen LogP contribution < -0.4 is 0 Å². The van der Waals surface area contributed by atoms with Crippen molar-refractivity contribution in [1.82, 2.24) is 0 Å². The number of aliphatic imine (C=N–C) groups is 1. The molecule has 1 atom stereocenters. The quantitative estimate of drug-likeness (QED) is 0.615. The van der Waals surface area contributed by atoms with E-state index in [2.05, 4.69) is 32.7 Å². The van der Waals surface area contributed by atoms with Crippen LogP contribution in [0.2, 0.25) is 0 Å². The number of nitrogens with zero attached hydrogens (tertiary/aromatic N) is 1. The molecule has 0 saturated carbocycles. The van der Waals surface area contributed by atoms with Gasteiger partial charge in [-0.25, -0.2) is 0 Å². The second-order valence-corrected chi connectivity index (χ2v) is 4.31. The molecule has 0 amide bonds. The summed E-state index contributed by atoms with van der Waals surface area (Å²) >= 11 is 0. The highest BCUT2D eigenvalue weighted by Gasteiger charge is 2.35. The van der Waals surface area contributed by atoms with Crippen LogP contribution in [0.25, 0.3) is 0 Å². The maximum absolute atomic E-state index is 9.49. The number of hydrogen-bond donors (Lipinski definition) is 1. The largest absolute Gasteiger partial charge is 0.371 e. The lowest BCUT2D eigenvalue weighted by Crippen LogP contribution is -2.23. The molecule has 2 nitrogen and oxygen atoms in total. The average Bonchev–Trinajstić information content (AvgIpc) is 2.08. The van der Waals surface area contributed by atoms with Crippen molar-refractivity contribution in [2.45, 2.75) is 40.3 Å². The topological polar surface area (TPSA) is 32.6 Å². The van der Waals surface area contributed by atoms with E-state index in [0.717, 1.165) is 12.1 Å². The van der Waals surface area contributed by atoms with E-state index in [4.69, 9.17) is 0 Å². The molecule has 2 heteroatoms. The summed E-state index contributed by atoms with van der Waals surface area (Å²) in [7, 11) is 0. The van der Waals surface area contributed by atoms with Crippen LogP contribution in [0.4, 0.5) is 0 Å². The van der Waals surface area contributed by atoms with Crippen LogP contribution >= 0.6 is 0 Å². The maximum atomic E-state index is 9.49. The van der Waals surface area contributed by atoms with Crippen LogP contribution in [-0.2, 0) is 0 Å². The van der Waals surface area contributed by atoms with Crippen molar-refractivity contribution in [3.63, 3.8) is 0 Å². The van der Waals surface area contributed by atoms with Crippen LogP contribution in [0, 0.1) is 11.3 Å². The third-order valence-electron chi connectivity index (χ3n) is 2.29. The van der Waals surface area contributed by atoms with Gasteiger partial charge in [0, 0.05) is 11.1 Å². The van der Waals surface area contributed by atoms with Gasteiger partial charge >= 0.3 is 0 Å². The van der Waals surface area contributed by atoms with Gasteiger partial charge in [-0.05, 0) is 12.3 Å². The van der Waals surface area contributed by atoms with E-state index in [1.165, 1.54) is 0 Å². The first-order chi connectivity index (χ1) is 4.93. The molecule has 1 heterocycles. The molecule has 0 fully saturated rings. The summed E-state index contributed by atoms with van der Waals surface area (Å²) in [6.07, 6.45) is 0.450. The highest BCUT2D eigenvalue weighted by Crippen LogP contribution is 2.34. The molecular formula is C9H17NO. The van der Waals surface area contributed by atoms with E-state index < -0.39 is 6.23 Å². The molecule has 0 bridgehead atoms. The SMILES string of the molecule is CC(C)C1=N[C@H](O)C(C)(C)C1. The summed E-state index contributed by atoms with van der Waals surface area (Å²) in [5, 5.41) is 9.49. The van der Waals surface area contributed by atoms with Crippen molar-refractivity contribution in [1.29, 1.82) is 0 Å². The van der Waals surface area contributed by atoms with Gasteiger partial charge in [-0.1, -0.05) is 27.7 Å². The molecule has 0 aromatic heterocycles. The maximum Gasteiger partial charge on any atom is 0.150 e. The zero-order chi connectivity index (χ0) is 8.65. The van der Waals surface area contributed by atoms with Crippen LogP contribution in [0.1, 0.15) is 34.1 Å². The molecule has 1 rings (SSSR count). The second-order valence-electron chi connectivity index (χ2n) is 4.31. The molecule has 1 aliphatic rings. The number of aliphatic hydroxyl groups is 1. The molecule has 1 aliphatic heterocycles. The highest BCUT2D eigenvalue weighted by molar-refractivity contribution is 5.88. The normalized spacial score (nSPS) is 29.3. The fraction of sp³-hybridized carbons (Fsp3) is 0.889. The van der Waals surface area contributed by atoms with Gasteiger partial charge in [-0.2, -0.15) is 0 Å². The van der Waals surface area contributed by atoms with Crippen LogP contribution in [0.5, 0.6) is 0 Å². The second kappa shape index (κ2) is 2.59. The van der Waals surface area contributed by atoms with Crippen molar-refractivity contribution in [3.05, 3.63) is 0 Å². The average molecular weight is 155 g/mol. The van der Waals surface area contributed by atoms with Crippen molar-refractivity contribution in [2.24, 2.45) is 16.3 Å². The fourth-order valence-corrected chi connectivity index (χ4v) is 1.29. The van der Waals surface area contributed by atoms with Crippen LogP contribution in [-0.4, -0.2) is 17.0 Å². The predicted molar refractivity (Wildman–Crippen MR) is 46.7 cm³/mol. The van der Waals surface area contributed by atoms with E-state index in [0.29, 0.717) is 5.92 Å². The first-order valence-electron chi connectivity index (χ1n) is 4.18. The van der Waals surface area contributed by atoms with Gasteiger partial charge < -0.3 is 5.11 Å². The van der Waals surface area contributed by atoms with Gasteiger partial charge in [0.25, 0.3) is 0 Å². The number of rotatable bonds is 1. The molecule has 0 aromatic rings. The first-order valence-corrected chi connectivity index (χ1v) is 4.18.